The summed E-state index contributed by atoms with van der Waals surface area (Å²) in [5.41, 5.74) is 7.22. The highest BCUT2D eigenvalue weighted by Crippen LogP contribution is 2.25. The van der Waals surface area contributed by atoms with Gasteiger partial charge in [0.25, 0.3) is 0 Å². The van der Waals surface area contributed by atoms with E-state index in [9.17, 15) is 4.79 Å². The molecule has 78 valence electrons. The molecule has 1 aliphatic heterocycles. The van der Waals surface area contributed by atoms with Crippen LogP contribution in [0.4, 0.5) is 11.4 Å². The molecule has 1 fully saturated rings. The van der Waals surface area contributed by atoms with E-state index in [1.54, 1.807) is 4.90 Å². The summed E-state index contributed by atoms with van der Waals surface area (Å²) in [6, 6.07) is 7.37. The summed E-state index contributed by atoms with van der Waals surface area (Å²) in [4.78, 5) is 13.5. The van der Waals surface area contributed by atoms with E-state index in [1.807, 2.05) is 30.3 Å². The fourth-order valence-corrected chi connectivity index (χ4v) is 1.80. The van der Waals surface area contributed by atoms with Gasteiger partial charge in [0.05, 0.1) is 0 Å². The number of amides is 1. The average Bonchev–Trinajstić information content (AvgIpc) is 2.61. The predicted molar refractivity (Wildman–Crippen MR) is 61.5 cm³/mol. The SMILES string of the molecule is C=CC1CC(=O)N(c2ccc(N)cc2)C1. The number of nitrogens with two attached hydrogens (primary N) is 1. The molecule has 3 heteroatoms. The molecule has 0 spiro atoms. The molecular weight excluding hydrogens is 188 g/mol. The standard InChI is InChI=1S/C12H14N2O/c1-2-9-7-12(15)14(8-9)11-5-3-10(13)4-6-11/h2-6,9H,1,7-8,13H2. The summed E-state index contributed by atoms with van der Waals surface area (Å²) < 4.78 is 0. The Morgan fingerprint density at radius 1 is 1.40 bits per heavy atom. The highest BCUT2D eigenvalue weighted by Gasteiger charge is 2.28. The van der Waals surface area contributed by atoms with Crippen LogP contribution in [0.15, 0.2) is 36.9 Å². The zero-order valence-corrected chi connectivity index (χ0v) is 8.52. The van der Waals surface area contributed by atoms with Crippen molar-refractivity contribution in [2.24, 2.45) is 5.92 Å². The number of nitrogen functional groups attached to an aromatic ring is 1. The molecule has 0 bridgehead atoms. The van der Waals surface area contributed by atoms with Gasteiger partial charge >= 0.3 is 0 Å². The van der Waals surface area contributed by atoms with Crippen molar-refractivity contribution in [2.75, 3.05) is 17.2 Å². The maximum Gasteiger partial charge on any atom is 0.227 e. The largest absolute Gasteiger partial charge is 0.399 e. The number of benzene rings is 1. The zero-order valence-electron chi connectivity index (χ0n) is 8.52. The Labute approximate surface area is 89.2 Å². The van der Waals surface area contributed by atoms with Gasteiger partial charge in [-0.3, -0.25) is 4.79 Å². The van der Waals surface area contributed by atoms with E-state index in [1.165, 1.54) is 0 Å². The summed E-state index contributed by atoms with van der Waals surface area (Å²) in [5, 5.41) is 0. The summed E-state index contributed by atoms with van der Waals surface area (Å²) in [6.07, 6.45) is 2.41. The van der Waals surface area contributed by atoms with Crippen LogP contribution in [0.5, 0.6) is 0 Å². The van der Waals surface area contributed by atoms with Crippen molar-refractivity contribution in [3.8, 4) is 0 Å². The maximum atomic E-state index is 11.7. The van der Waals surface area contributed by atoms with Crippen LogP contribution >= 0.6 is 0 Å². The van der Waals surface area contributed by atoms with Gasteiger partial charge in [0, 0.05) is 30.3 Å². The Morgan fingerprint density at radius 3 is 2.60 bits per heavy atom. The van der Waals surface area contributed by atoms with Gasteiger partial charge in [0.1, 0.15) is 0 Å². The lowest BCUT2D eigenvalue weighted by Gasteiger charge is -2.16. The summed E-state index contributed by atoms with van der Waals surface area (Å²) in [5.74, 6) is 0.430. The second-order valence-corrected chi connectivity index (χ2v) is 3.80. The third-order valence-electron chi connectivity index (χ3n) is 2.69. The van der Waals surface area contributed by atoms with Crippen LogP contribution in [0.25, 0.3) is 0 Å². The Morgan fingerprint density at radius 2 is 2.07 bits per heavy atom. The normalized spacial score (nSPS) is 20.7. The number of anilines is 2. The van der Waals surface area contributed by atoms with E-state index >= 15 is 0 Å². The molecule has 15 heavy (non-hydrogen) atoms. The Hall–Kier alpha value is -1.77. The molecule has 3 nitrogen and oxygen atoms in total. The molecule has 1 heterocycles. The van der Waals surface area contributed by atoms with Crippen LogP contribution in [-0.4, -0.2) is 12.5 Å². The molecule has 2 N–H and O–H groups in total. The molecule has 0 saturated carbocycles. The molecule has 1 aliphatic rings. The molecule has 1 atom stereocenters. The van der Waals surface area contributed by atoms with E-state index < -0.39 is 0 Å². The van der Waals surface area contributed by atoms with Crippen molar-refractivity contribution in [2.45, 2.75) is 6.42 Å². The van der Waals surface area contributed by atoms with Crippen molar-refractivity contribution in [3.63, 3.8) is 0 Å². The molecule has 0 aliphatic carbocycles. The number of nitrogens with zero attached hydrogens (tertiary/aromatic N) is 1. The van der Waals surface area contributed by atoms with Crippen LogP contribution in [0.3, 0.4) is 0 Å². The molecular formula is C12H14N2O. The minimum absolute atomic E-state index is 0.157. The lowest BCUT2D eigenvalue weighted by molar-refractivity contribution is -0.117. The quantitative estimate of drug-likeness (QED) is 0.587. The summed E-state index contributed by atoms with van der Waals surface area (Å²) >= 11 is 0. The van der Waals surface area contributed by atoms with Gasteiger partial charge in [-0.15, -0.1) is 6.58 Å². The molecule has 1 unspecified atom stereocenters. The van der Waals surface area contributed by atoms with E-state index in [0.717, 1.165) is 12.2 Å². The zero-order chi connectivity index (χ0) is 10.8. The highest BCUT2D eigenvalue weighted by molar-refractivity contribution is 5.96. The second kappa shape index (κ2) is 3.77. The van der Waals surface area contributed by atoms with E-state index in [4.69, 9.17) is 5.73 Å². The second-order valence-electron chi connectivity index (χ2n) is 3.80. The van der Waals surface area contributed by atoms with Gasteiger partial charge in [-0.25, -0.2) is 0 Å². The van der Waals surface area contributed by atoms with Gasteiger partial charge in [-0.2, -0.15) is 0 Å². The molecule has 1 aromatic carbocycles. The van der Waals surface area contributed by atoms with E-state index in [2.05, 4.69) is 6.58 Å². The molecule has 1 aromatic rings. The molecule has 0 aromatic heterocycles. The molecule has 1 amide bonds. The monoisotopic (exact) mass is 202 g/mol. The topological polar surface area (TPSA) is 46.3 Å². The van der Waals surface area contributed by atoms with Gasteiger partial charge in [-0.05, 0) is 24.3 Å². The van der Waals surface area contributed by atoms with Gasteiger partial charge in [-0.1, -0.05) is 6.08 Å². The van der Waals surface area contributed by atoms with Gasteiger partial charge in [0.15, 0.2) is 0 Å². The van der Waals surface area contributed by atoms with Crippen LogP contribution in [-0.2, 0) is 4.79 Å². The average molecular weight is 202 g/mol. The number of rotatable bonds is 2. The fraction of sp³-hybridized carbons (Fsp3) is 0.250. The van der Waals surface area contributed by atoms with E-state index in [-0.39, 0.29) is 11.8 Å². The first kappa shape index (κ1) is 9.77. The minimum atomic E-state index is 0.157. The summed E-state index contributed by atoms with van der Waals surface area (Å²) in [6.45, 7) is 4.45. The number of carbonyl (C=O) groups excluding carboxylic acids is 1. The van der Waals surface area contributed by atoms with Crippen molar-refractivity contribution in [1.29, 1.82) is 0 Å². The molecule has 0 radical (unpaired) electrons. The third kappa shape index (κ3) is 1.86. The Balaban J connectivity index is 2.21. The predicted octanol–water partition coefficient (Wildman–Crippen LogP) is 1.81. The van der Waals surface area contributed by atoms with Gasteiger partial charge in [0.2, 0.25) is 5.91 Å². The minimum Gasteiger partial charge on any atom is -0.399 e. The third-order valence-corrected chi connectivity index (χ3v) is 2.69. The fourth-order valence-electron chi connectivity index (χ4n) is 1.80. The Bertz CT molecular complexity index is 383. The lowest BCUT2D eigenvalue weighted by Crippen LogP contribution is -2.24. The maximum absolute atomic E-state index is 11.7. The van der Waals surface area contributed by atoms with Crippen LogP contribution < -0.4 is 10.6 Å². The van der Waals surface area contributed by atoms with Crippen LogP contribution in [0.1, 0.15) is 6.42 Å². The first-order valence-corrected chi connectivity index (χ1v) is 4.99. The van der Waals surface area contributed by atoms with Crippen molar-refractivity contribution in [3.05, 3.63) is 36.9 Å². The number of carbonyl (C=O) groups is 1. The van der Waals surface area contributed by atoms with Crippen molar-refractivity contribution >= 4 is 17.3 Å². The lowest BCUT2D eigenvalue weighted by atomic mass is 10.1. The smallest absolute Gasteiger partial charge is 0.227 e. The first-order valence-electron chi connectivity index (χ1n) is 4.99. The van der Waals surface area contributed by atoms with Crippen LogP contribution in [0, 0.1) is 5.92 Å². The molecule has 2 rings (SSSR count). The number of hydrogen-bond acceptors (Lipinski definition) is 2. The highest BCUT2D eigenvalue weighted by atomic mass is 16.2. The van der Waals surface area contributed by atoms with E-state index in [0.29, 0.717) is 12.1 Å². The summed E-state index contributed by atoms with van der Waals surface area (Å²) in [7, 11) is 0. The molecule has 1 saturated heterocycles. The van der Waals surface area contributed by atoms with Gasteiger partial charge < -0.3 is 10.6 Å². The van der Waals surface area contributed by atoms with Crippen LogP contribution in [0.2, 0.25) is 0 Å². The van der Waals surface area contributed by atoms with Crippen molar-refractivity contribution in [1.82, 2.24) is 0 Å². The Kier molecular flexibility index (Phi) is 2.46. The van der Waals surface area contributed by atoms with Crippen molar-refractivity contribution < 1.29 is 4.79 Å². The number of hydrogen-bond donors (Lipinski definition) is 1. The first-order chi connectivity index (χ1) is 7.20.